The Kier molecular flexibility index (Phi) is 7.11. The first-order chi connectivity index (χ1) is 17.4. The van der Waals surface area contributed by atoms with Gasteiger partial charge in [0.2, 0.25) is 0 Å². The van der Waals surface area contributed by atoms with Gasteiger partial charge in [-0.05, 0) is 25.0 Å². The molecule has 0 unspecified atom stereocenters. The topological polar surface area (TPSA) is 127 Å². The Morgan fingerprint density at radius 3 is 2.36 bits per heavy atom. The Morgan fingerprint density at radius 2 is 1.67 bits per heavy atom. The predicted octanol–water partition coefficient (Wildman–Crippen LogP) is 2.66. The summed E-state index contributed by atoms with van der Waals surface area (Å²) in [4.78, 5) is 0. The minimum absolute atomic E-state index is 0.00409. The van der Waals surface area contributed by atoms with Gasteiger partial charge in [-0.15, -0.1) is 5.10 Å². The molecule has 0 spiro atoms. The molecule has 2 aromatic heterocycles. The van der Waals surface area contributed by atoms with Crippen LogP contribution in [0.1, 0.15) is 55.5 Å². The van der Waals surface area contributed by atoms with Crippen molar-refractivity contribution in [2.45, 2.75) is 74.9 Å². The number of nitrogens with zero attached hydrogens (tertiary/aromatic N) is 4. The molecule has 1 aliphatic heterocycles. The van der Waals surface area contributed by atoms with E-state index in [-0.39, 0.29) is 17.7 Å². The molecule has 0 amide bonds. The Hall–Kier alpha value is -2.80. The second-order valence-electron chi connectivity index (χ2n) is 9.46. The van der Waals surface area contributed by atoms with Crippen LogP contribution in [0, 0.1) is 17.5 Å². The van der Waals surface area contributed by atoms with Gasteiger partial charge in [-0.1, -0.05) is 29.6 Å². The second kappa shape index (κ2) is 10.3. The molecule has 0 radical (unpaired) electrons. The molecule has 3 N–H and O–H groups in total. The second-order valence-corrected chi connectivity index (χ2v) is 9.46. The molecule has 3 heterocycles. The number of hydrogen-bond donors (Lipinski definition) is 3. The first-order valence-electron chi connectivity index (χ1n) is 12.0. The van der Waals surface area contributed by atoms with Crippen LogP contribution in [0.15, 0.2) is 28.9 Å². The molecule has 12 heteroatoms. The molecule has 9 nitrogen and oxygen atoms in total. The molecule has 2 fully saturated rings. The highest BCUT2D eigenvalue weighted by Crippen LogP contribution is 2.35. The van der Waals surface area contributed by atoms with Crippen molar-refractivity contribution in [1.82, 2.24) is 20.2 Å². The molecule has 1 aromatic carbocycles. The highest BCUT2D eigenvalue weighted by molar-refractivity contribution is 5.57. The van der Waals surface area contributed by atoms with E-state index in [2.05, 4.69) is 15.5 Å². The summed E-state index contributed by atoms with van der Waals surface area (Å²) in [6.07, 6.45) is 2.42. The van der Waals surface area contributed by atoms with Crippen LogP contribution in [-0.2, 0) is 11.2 Å². The van der Waals surface area contributed by atoms with Gasteiger partial charge in [0.05, 0.1) is 24.6 Å². The fraction of sp³-hybridized carbons (Fsp3) is 0.542. The fourth-order valence-electron chi connectivity index (χ4n) is 5.13. The summed E-state index contributed by atoms with van der Waals surface area (Å²) >= 11 is 0. The van der Waals surface area contributed by atoms with Crippen molar-refractivity contribution in [1.29, 1.82) is 0 Å². The van der Waals surface area contributed by atoms with Crippen molar-refractivity contribution in [3.05, 3.63) is 53.3 Å². The van der Waals surface area contributed by atoms with Gasteiger partial charge < -0.3 is 24.6 Å². The van der Waals surface area contributed by atoms with Crippen LogP contribution >= 0.6 is 0 Å². The summed E-state index contributed by atoms with van der Waals surface area (Å²) in [5, 5.41) is 43.6. The van der Waals surface area contributed by atoms with E-state index in [9.17, 15) is 28.5 Å². The third-order valence-electron chi connectivity index (χ3n) is 7.08. The molecule has 194 valence electrons. The van der Waals surface area contributed by atoms with Crippen LogP contribution in [0.3, 0.4) is 0 Å². The van der Waals surface area contributed by atoms with E-state index in [4.69, 9.17) is 9.26 Å². The number of halogens is 3. The number of aromatic nitrogens is 4. The zero-order valence-corrected chi connectivity index (χ0v) is 19.3. The van der Waals surface area contributed by atoms with E-state index in [0.29, 0.717) is 11.6 Å². The Bertz CT molecular complexity index is 1180. The standard InChI is InChI=1S/C24H27F3N4O5/c25-15-6-13(7-16(26)21(15)27)17-10-31(30-28-17)22-23(33)19(35-20(11-32)24(22)34)9-14-8-18(36-29-14)12-4-2-1-3-5-12/h6-8,10,12,19-20,22-24,32-34H,1-5,9,11H2/t19-,20-,22-,23+,24+/m1/s1. The molecule has 1 saturated carbocycles. The molecule has 5 atom stereocenters. The lowest BCUT2D eigenvalue weighted by Crippen LogP contribution is -2.56. The maximum absolute atomic E-state index is 13.7. The monoisotopic (exact) mass is 508 g/mol. The lowest BCUT2D eigenvalue weighted by Gasteiger charge is -2.42. The number of rotatable bonds is 6. The van der Waals surface area contributed by atoms with Gasteiger partial charge >= 0.3 is 0 Å². The fourth-order valence-corrected chi connectivity index (χ4v) is 5.13. The number of hydrogen-bond acceptors (Lipinski definition) is 8. The van der Waals surface area contributed by atoms with Gasteiger partial charge in [0.15, 0.2) is 17.5 Å². The molecule has 1 aliphatic carbocycles. The first kappa shape index (κ1) is 24.9. The molecule has 2 aliphatic rings. The van der Waals surface area contributed by atoms with Gasteiger partial charge in [0.1, 0.15) is 35.8 Å². The van der Waals surface area contributed by atoms with Crippen molar-refractivity contribution in [2.75, 3.05) is 6.61 Å². The largest absolute Gasteiger partial charge is 0.394 e. The zero-order chi connectivity index (χ0) is 25.4. The normalized spacial score (nSPS) is 27.4. The van der Waals surface area contributed by atoms with Crippen molar-refractivity contribution in [2.24, 2.45) is 0 Å². The number of aliphatic hydroxyl groups is 3. The average Bonchev–Trinajstić information content (AvgIpc) is 3.55. The van der Waals surface area contributed by atoms with Crippen molar-refractivity contribution >= 4 is 0 Å². The van der Waals surface area contributed by atoms with Crippen LogP contribution in [-0.4, -0.2) is 66.5 Å². The minimum Gasteiger partial charge on any atom is -0.394 e. The summed E-state index contributed by atoms with van der Waals surface area (Å²) in [6, 6.07) is 2.31. The van der Waals surface area contributed by atoms with Crippen molar-refractivity contribution in [3.8, 4) is 11.3 Å². The van der Waals surface area contributed by atoms with E-state index in [0.717, 1.165) is 48.3 Å². The Balaban J connectivity index is 1.37. The molecular weight excluding hydrogens is 481 g/mol. The van der Waals surface area contributed by atoms with Crippen LogP contribution in [0.5, 0.6) is 0 Å². The minimum atomic E-state index is -1.60. The van der Waals surface area contributed by atoms with E-state index in [1.165, 1.54) is 12.6 Å². The number of benzene rings is 1. The lowest BCUT2D eigenvalue weighted by molar-refractivity contribution is -0.205. The average molecular weight is 508 g/mol. The highest BCUT2D eigenvalue weighted by Gasteiger charge is 2.46. The quantitative estimate of drug-likeness (QED) is 0.434. The summed E-state index contributed by atoms with van der Waals surface area (Å²) in [7, 11) is 0. The van der Waals surface area contributed by atoms with Gasteiger partial charge in [0, 0.05) is 24.0 Å². The summed E-state index contributed by atoms with van der Waals surface area (Å²) in [6.45, 7) is -0.525. The van der Waals surface area contributed by atoms with Gasteiger partial charge in [-0.2, -0.15) is 0 Å². The van der Waals surface area contributed by atoms with Crippen LogP contribution in [0.25, 0.3) is 11.3 Å². The highest BCUT2D eigenvalue weighted by atomic mass is 19.2. The Morgan fingerprint density at radius 1 is 0.972 bits per heavy atom. The zero-order valence-electron chi connectivity index (χ0n) is 19.3. The molecular formula is C24H27F3N4O5. The van der Waals surface area contributed by atoms with Crippen LogP contribution in [0.4, 0.5) is 13.2 Å². The molecule has 1 saturated heterocycles. The van der Waals surface area contributed by atoms with Crippen LogP contribution < -0.4 is 0 Å². The maximum atomic E-state index is 13.7. The summed E-state index contributed by atoms with van der Waals surface area (Å²) < 4.78 is 53.2. The molecule has 3 aromatic rings. The number of aliphatic hydroxyl groups excluding tert-OH is 3. The van der Waals surface area contributed by atoms with E-state index in [1.807, 2.05) is 6.07 Å². The molecule has 0 bridgehead atoms. The maximum Gasteiger partial charge on any atom is 0.194 e. The predicted molar refractivity (Wildman–Crippen MR) is 118 cm³/mol. The van der Waals surface area contributed by atoms with E-state index >= 15 is 0 Å². The van der Waals surface area contributed by atoms with Gasteiger partial charge in [-0.3, -0.25) is 0 Å². The molecule has 36 heavy (non-hydrogen) atoms. The SMILES string of the molecule is OC[C@H]1O[C@H](Cc2cc(C3CCCCC3)on2)[C@H](O)[C@@H](n2cc(-c3cc(F)c(F)c(F)c3)nn2)[C@H]1O. The van der Waals surface area contributed by atoms with Crippen molar-refractivity contribution in [3.63, 3.8) is 0 Å². The van der Waals surface area contributed by atoms with Gasteiger partial charge in [-0.25, -0.2) is 17.9 Å². The smallest absolute Gasteiger partial charge is 0.194 e. The van der Waals surface area contributed by atoms with E-state index < -0.39 is 54.5 Å². The third-order valence-corrected chi connectivity index (χ3v) is 7.08. The van der Waals surface area contributed by atoms with Gasteiger partial charge in [0.25, 0.3) is 0 Å². The first-order valence-corrected chi connectivity index (χ1v) is 12.0. The lowest BCUT2D eigenvalue weighted by atomic mass is 9.87. The van der Waals surface area contributed by atoms with Crippen molar-refractivity contribution < 1.29 is 37.8 Å². The summed E-state index contributed by atoms with van der Waals surface area (Å²) in [5.74, 6) is -3.26. The number of ether oxygens (including phenoxy) is 1. The van der Waals surface area contributed by atoms with Crippen LogP contribution in [0.2, 0.25) is 0 Å². The third kappa shape index (κ3) is 4.77. The summed E-state index contributed by atoms with van der Waals surface area (Å²) in [5.41, 5.74) is 0.509. The Labute approximate surface area is 204 Å². The van der Waals surface area contributed by atoms with E-state index in [1.54, 1.807) is 0 Å². The molecule has 5 rings (SSSR count).